The Hall–Kier alpha value is -0.860. The van der Waals surface area contributed by atoms with Crippen LogP contribution in [0.5, 0.6) is 0 Å². The lowest BCUT2D eigenvalue weighted by Crippen LogP contribution is -2.07. The van der Waals surface area contributed by atoms with Gasteiger partial charge >= 0.3 is 5.97 Å². The van der Waals surface area contributed by atoms with E-state index in [1.165, 1.54) is 7.11 Å². The highest BCUT2D eigenvalue weighted by atomic mass is 19.1. The first kappa shape index (κ1) is 11.2. The van der Waals surface area contributed by atoms with Gasteiger partial charge in [0, 0.05) is 5.92 Å². The van der Waals surface area contributed by atoms with Crippen LogP contribution in [0.4, 0.5) is 4.39 Å². The van der Waals surface area contributed by atoms with Gasteiger partial charge in [-0.15, -0.1) is 0 Å². The van der Waals surface area contributed by atoms with Gasteiger partial charge in [0.05, 0.1) is 13.0 Å². The summed E-state index contributed by atoms with van der Waals surface area (Å²) in [6.07, 6.45) is 0. The lowest BCUT2D eigenvalue weighted by atomic mass is 10.1. The van der Waals surface area contributed by atoms with Crippen molar-refractivity contribution in [2.24, 2.45) is 17.3 Å². The Labute approximate surface area is 84.1 Å². The molecule has 0 spiro atoms. The predicted octanol–water partition coefficient (Wildman–Crippen LogP) is 2.70. The number of hydrogen-bond acceptors (Lipinski definition) is 2. The molecule has 0 unspecified atom stereocenters. The van der Waals surface area contributed by atoms with Crippen molar-refractivity contribution in [1.82, 2.24) is 0 Å². The van der Waals surface area contributed by atoms with Gasteiger partial charge in [-0.1, -0.05) is 13.8 Å². The summed E-state index contributed by atoms with van der Waals surface area (Å²) in [7, 11) is 1.34. The van der Waals surface area contributed by atoms with Crippen molar-refractivity contribution in [2.45, 2.75) is 27.7 Å². The second-order valence-electron chi connectivity index (χ2n) is 4.65. The molecule has 0 aromatic heterocycles. The highest BCUT2D eigenvalue weighted by Gasteiger charge is 2.64. The van der Waals surface area contributed by atoms with Crippen LogP contribution in [0, 0.1) is 17.3 Å². The zero-order valence-electron chi connectivity index (χ0n) is 9.35. The topological polar surface area (TPSA) is 26.3 Å². The number of allylic oxidation sites excluding steroid dienone is 2. The maximum atomic E-state index is 13.6. The molecule has 80 valence electrons. The molecule has 0 N–H and O–H groups in total. The molecule has 0 radical (unpaired) electrons. The molecule has 0 aromatic rings. The number of methoxy groups -OCH3 is 1. The second kappa shape index (κ2) is 3.37. The van der Waals surface area contributed by atoms with Crippen molar-refractivity contribution in [3.8, 4) is 0 Å². The largest absolute Gasteiger partial charge is 0.469 e. The summed E-state index contributed by atoms with van der Waals surface area (Å²) in [5.41, 5.74) is 0.350. The van der Waals surface area contributed by atoms with E-state index in [4.69, 9.17) is 0 Å². The Morgan fingerprint density at radius 2 is 1.79 bits per heavy atom. The van der Waals surface area contributed by atoms with Crippen LogP contribution >= 0.6 is 0 Å². The molecule has 1 aliphatic carbocycles. The third-order valence-electron chi connectivity index (χ3n) is 3.03. The molecular weight excluding hydrogens is 183 g/mol. The van der Waals surface area contributed by atoms with E-state index < -0.39 is 0 Å². The van der Waals surface area contributed by atoms with E-state index in [9.17, 15) is 9.18 Å². The van der Waals surface area contributed by atoms with E-state index in [1.54, 1.807) is 13.8 Å². The Kier molecular flexibility index (Phi) is 2.70. The smallest absolute Gasteiger partial charge is 0.309 e. The highest BCUT2D eigenvalue weighted by molar-refractivity contribution is 5.78. The molecule has 2 atom stereocenters. The lowest BCUT2D eigenvalue weighted by molar-refractivity contribution is -0.143. The summed E-state index contributed by atoms with van der Waals surface area (Å²) < 4.78 is 18.3. The molecule has 3 heteroatoms. The van der Waals surface area contributed by atoms with Crippen LogP contribution in [-0.2, 0) is 9.53 Å². The van der Waals surface area contributed by atoms with Gasteiger partial charge in [-0.2, -0.15) is 0 Å². The van der Waals surface area contributed by atoms with E-state index in [0.29, 0.717) is 5.57 Å². The molecule has 0 aliphatic heterocycles. The normalized spacial score (nSPS) is 28.1. The second-order valence-corrected chi connectivity index (χ2v) is 4.65. The lowest BCUT2D eigenvalue weighted by Gasteiger charge is -2.00. The van der Waals surface area contributed by atoms with Crippen molar-refractivity contribution < 1.29 is 13.9 Å². The fourth-order valence-corrected chi connectivity index (χ4v) is 1.99. The van der Waals surface area contributed by atoms with Crippen LogP contribution in [0.1, 0.15) is 27.7 Å². The fraction of sp³-hybridized carbons (Fsp3) is 0.727. The van der Waals surface area contributed by atoms with Gasteiger partial charge < -0.3 is 4.74 Å². The summed E-state index contributed by atoms with van der Waals surface area (Å²) in [4.78, 5) is 11.3. The number of ether oxygens (including phenoxy) is 1. The molecule has 1 saturated carbocycles. The summed E-state index contributed by atoms with van der Waals surface area (Å²) in [6.45, 7) is 7.22. The first-order chi connectivity index (χ1) is 6.34. The minimum Gasteiger partial charge on any atom is -0.469 e. The van der Waals surface area contributed by atoms with Gasteiger partial charge in [-0.05, 0) is 24.8 Å². The number of hydrogen-bond donors (Lipinski definition) is 0. The quantitative estimate of drug-likeness (QED) is 0.640. The molecule has 14 heavy (non-hydrogen) atoms. The SMILES string of the molecule is COC(=O)[C@H]1[C@@H](C(F)=C(C)C)C1(C)C. The molecule has 0 aromatic carbocycles. The van der Waals surface area contributed by atoms with Gasteiger partial charge in [-0.25, -0.2) is 4.39 Å². The van der Waals surface area contributed by atoms with Gasteiger partial charge in [0.2, 0.25) is 0 Å². The van der Waals surface area contributed by atoms with Crippen LogP contribution in [0.2, 0.25) is 0 Å². The first-order valence-corrected chi connectivity index (χ1v) is 4.74. The monoisotopic (exact) mass is 200 g/mol. The number of carbonyl (C=O) groups is 1. The molecule has 1 fully saturated rings. The van der Waals surface area contributed by atoms with E-state index in [1.807, 2.05) is 13.8 Å². The third-order valence-corrected chi connectivity index (χ3v) is 3.03. The molecule has 1 aliphatic rings. The Bertz CT molecular complexity index is 288. The van der Waals surface area contributed by atoms with Gasteiger partial charge in [0.15, 0.2) is 0 Å². The summed E-state index contributed by atoms with van der Waals surface area (Å²) >= 11 is 0. The van der Waals surface area contributed by atoms with Crippen LogP contribution < -0.4 is 0 Å². The van der Waals surface area contributed by atoms with E-state index in [0.717, 1.165) is 0 Å². The fourth-order valence-electron chi connectivity index (χ4n) is 1.99. The Morgan fingerprint density at radius 1 is 1.29 bits per heavy atom. The van der Waals surface area contributed by atoms with Crippen LogP contribution in [0.3, 0.4) is 0 Å². The number of carbonyl (C=O) groups excluding carboxylic acids is 1. The third kappa shape index (κ3) is 1.56. The van der Waals surface area contributed by atoms with E-state index >= 15 is 0 Å². The number of halogens is 1. The van der Waals surface area contributed by atoms with E-state index in [2.05, 4.69) is 4.74 Å². The minimum atomic E-state index is -0.317. The van der Waals surface area contributed by atoms with Crippen LogP contribution in [0.25, 0.3) is 0 Å². The van der Waals surface area contributed by atoms with Gasteiger partial charge in [-0.3, -0.25) is 4.79 Å². The van der Waals surface area contributed by atoms with Crippen molar-refractivity contribution >= 4 is 5.97 Å². The summed E-state index contributed by atoms with van der Waals surface area (Å²) in [6, 6.07) is 0. The molecular formula is C11H17FO2. The number of rotatable bonds is 2. The average molecular weight is 200 g/mol. The molecule has 0 amide bonds. The summed E-state index contributed by atoms with van der Waals surface area (Å²) in [5.74, 6) is -1.08. The van der Waals surface area contributed by atoms with Crippen LogP contribution in [0.15, 0.2) is 11.4 Å². The molecule has 1 rings (SSSR count). The minimum absolute atomic E-state index is 0.162. The van der Waals surface area contributed by atoms with Crippen molar-refractivity contribution in [2.75, 3.05) is 7.11 Å². The molecule has 0 saturated heterocycles. The average Bonchev–Trinajstić information content (AvgIpc) is 2.66. The van der Waals surface area contributed by atoms with E-state index in [-0.39, 0.29) is 29.0 Å². The van der Waals surface area contributed by atoms with Crippen molar-refractivity contribution in [3.05, 3.63) is 11.4 Å². The zero-order chi connectivity index (χ0) is 11.1. The predicted molar refractivity (Wildman–Crippen MR) is 52.3 cm³/mol. The zero-order valence-corrected chi connectivity index (χ0v) is 9.35. The number of esters is 1. The highest BCUT2D eigenvalue weighted by Crippen LogP contribution is 2.62. The standard InChI is InChI=1S/C11H17FO2/c1-6(2)9(12)7-8(10(13)14-5)11(7,3)4/h7-8H,1-5H3/t7-,8+/m0/s1. The maximum Gasteiger partial charge on any atom is 0.309 e. The van der Waals surface area contributed by atoms with Gasteiger partial charge in [0.1, 0.15) is 5.83 Å². The van der Waals surface area contributed by atoms with Crippen molar-refractivity contribution in [1.29, 1.82) is 0 Å². The van der Waals surface area contributed by atoms with Crippen molar-refractivity contribution in [3.63, 3.8) is 0 Å². The first-order valence-electron chi connectivity index (χ1n) is 4.74. The maximum absolute atomic E-state index is 13.6. The Balaban J connectivity index is 2.87. The molecule has 2 nitrogen and oxygen atoms in total. The summed E-state index contributed by atoms with van der Waals surface area (Å²) in [5, 5.41) is 0. The molecule has 0 heterocycles. The van der Waals surface area contributed by atoms with Gasteiger partial charge in [0.25, 0.3) is 0 Å². The van der Waals surface area contributed by atoms with Crippen LogP contribution in [-0.4, -0.2) is 13.1 Å². The Morgan fingerprint density at radius 3 is 2.14 bits per heavy atom. The molecule has 0 bridgehead atoms.